The Morgan fingerprint density at radius 2 is 2.56 bits per heavy atom. The van der Waals surface area contributed by atoms with Crippen molar-refractivity contribution in [3.8, 4) is 0 Å². The molecule has 9 heavy (non-hydrogen) atoms. The van der Waals surface area contributed by atoms with Crippen LogP contribution >= 0.6 is 0 Å². The van der Waals surface area contributed by atoms with Gasteiger partial charge in [0.1, 0.15) is 0 Å². The number of nitrogens with one attached hydrogen (secondary N) is 1. The number of amides is 1. The van der Waals surface area contributed by atoms with E-state index in [4.69, 9.17) is 5.11 Å². The van der Waals surface area contributed by atoms with Crippen LogP contribution in [0, 0.1) is 0 Å². The Labute approximate surface area is 54.1 Å². The van der Waals surface area contributed by atoms with Gasteiger partial charge in [-0.15, -0.1) is 0 Å². The summed E-state index contributed by atoms with van der Waals surface area (Å²) in [6, 6.07) is -0.00231. The van der Waals surface area contributed by atoms with Crippen LogP contribution < -0.4 is 5.32 Å². The zero-order valence-electron chi connectivity index (χ0n) is 5.42. The molecule has 0 aromatic rings. The first kappa shape index (κ1) is 6.55. The van der Waals surface area contributed by atoms with E-state index in [1.165, 1.54) is 0 Å². The minimum absolute atomic E-state index is 0.00231. The topological polar surface area (TPSA) is 49.3 Å². The summed E-state index contributed by atoms with van der Waals surface area (Å²) >= 11 is 0. The summed E-state index contributed by atoms with van der Waals surface area (Å²) in [5.41, 5.74) is 0. The third-order valence-electron chi connectivity index (χ3n) is 1.65. The minimum Gasteiger partial charge on any atom is -0.390 e. The predicted molar refractivity (Wildman–Crippen MR) is 32.8 cm³/mol. The van der Waals surface area contributed by atoms with Gasteiger partial charge in [0.2, 0.25) is 5.91 Å². The predicted octanol–water partition coefficient (Wildman–Crippen LogP) is -0.354. The number of rotatable bonds is 1. The monoisotopic (exact) mass is 129 g/mol. The number of aliphatic hydroxyl groups is 1. The van der Waals surface area contributed by atoms with E-state index in [1.807, 2.05) is 6.92 Å². The van der Waals surface area contributed by atoms with Crippen molar-refractivity contribution in [2.45, 2.75) is 31.9 Å². The molecule has 1 saturated heterocycles. The Hall–Kier alpha value is -0.570. The molecule has 1 heterocycles. The van der Waals surface area contributed by atoms with Crippen LogP contribution in [-0.4, -0.2) is 23.2 Å². The van der Waals surface area contributed by atoms with E-state index in [9.17, 15) is 4.79 Å². The minimum atomic E-state index is -0.456. The average Bonchev–Trinajstić information content (AvgIpc) is 2.10. The third kappa shape index (κ3) is 1.21. The van der Waals surface area contributed by atoms with Gasteiger partial charge in [0, 0.05) is 0 Å². The first-order chi connectivity index (χ1) is 4.24. The maximum atomic E-state index is 10.6. The second-order valence-corrected chi connectivity index (χ2v) is 2.35. The summed E-state index contributed by atoms with van der Waals surface area (Å²) in [6.45, 7) is 1.94. The Morgan fingerprint density at radius 3 is 2.78 bits per heavy atom. The molecule has 52 valence electrons. The van der Waals surface area contributed by atoms with Crippen LogP contribution in [0.25, 0.3) is 0 Å². The van der Waals surface area contributed by atoms with E-state index < -0.39 is 6.10 Å². The number of carbonyl (C=O) groups is 1. The van der Waals surface area contributed by atoms with Gasteiger partial charge >= 0.3 is 0 Å². The van der Waals surface area contributed by atoms with Crippen LogP contribution in [0.4, 0.5) is 0 Å². The van der Waals surface area contributed by atoms with Crippen LogP contribution in [0.15, 0.2) is 0 Å². The normalized spacial score (nSPS) is 34.7. The summed E-state index contributed by atoms with van der Waals surface area (Å²) in [6.07, 6.45) is 0.633. The van der Waals surface area contributed by atoms with Gasteiger partial charge in [0.15, 0.2) is 0 Å². The molecule has 0 spiro atoms. The molecule has 0 bridgehead atoms. The highest BCUT2D eigenvalue weighted by Gasteiger charge is 2.28. The highest BCUT2D eigenvalue weighted by atomic mass is 16.3. The molecule has 1 aliphatic rings. The van der Waals surface area contributed by atoms with E-state index in [0.717, 1.165) is 6.42 Å². The van der Waals surface area contributed by atoms with E-state index in [-0.39, 0.29) is 18.4 Å². The van der Waals surface area contributed by atoms with Crippen LogP contribution in [0.1, 0.15) is 19.8 Å². The van der Waals surface area contributed by atoms with E-state index in [0.29, 0.717) is 0 Å². The lowest BCUT2D eigenvalue weighted by atomic mass is 10.1. The maximum Gasteiger partial charge on any atom is 0.222 e. The molecule has 1 aliphatic heterocycles. The Morgan fingerprint density at radius 1 is 1.89 bits per heavy atom. The molecule has 2 N–H and O–H groups in total. The Kier molecular flexibility index (Phi) is 1.71. The first-order valence-electron chi connectivity index (χ1n) is 3.21. The van der Waals surface area contributed by atoms with Crippen molar-refractivity contribution < 1.29 is 9.90 Å². The molecule has 3 nitrogen and oxygen atoms in total. The lowest BCUT2D eigenvalue weighted by molar-refractivity contribution is -0.119. The number of carbonyl (C=O) groups excluding carboxylic acids is 1. The molecule has 0 aromatic carbocycles. The molecule has 1 amide bonds. The molecule has 1 fully saturated rings. The number of hydrogen-bond donors (Lipinski definition) is 2. The molecular formula is C6H11NO2. The molecule has 0 unspecified atom stereocenters. The standard InChI is InChI=1S/C6H11NO2/c1-2-4-5(8)3-6(9)7-4/h4-5,8H,2-3H2,1H3,(H,7,9)/t4-,5-/m0/s1. The van der Waals surface area contributed by atoms with Gasteiger partial charge < -0.3 is 10.4 Å². The summed E-state index contributed by atoms with van der Waals surface area (Å²) in [4.78, 5) is 10.6. The summed E-state index contributed by atoms with van der Waals surface area (Å²) < 4.78 is 0. The lowest BCUT2D eigenvalue weighted by Crippen LogP contribution is -2.30. The SMILES string of the molecule is CC[C@@H]1NC(=O)C[C@@H]1O. The van der Waals surface area contributed by atoms with Gasteiger partial charge in [0.25, 0.3) is 0 Å². The second kappa shape index (κ2) is 2.35. The summed E-state index contributed by atoms with van der Waals surface area (Å²) in [5, 5.41) is 11.7. The van der Waals surface area contributed by atoms with Crippen molar-refractivity contribution in [1.29, 1.82) is 0 Å². The van der Waals surface area contributed by atoms with Crippen molar-refractivity contribution in [3.63, 3.8) is 0 Å². The molecule has 0 aliphatic carbocycles. The lowest BCUT2D eigenvalue weighted by Gasteiger charge is -2.09. The van der Waals surface area contributed by atoms with Gasteiger partial charge in [-0.3, -0.25) is 4.79 Å². The van der Waals surface area contributed by atoms with Gasteiger partial charge in [-0.1, -0.05) is 6.92 Å². The highest BCUT2D eigenvalue weighted by Crippen LogP contribution is 2.09. The van der Waals surface area contributed by atoms with Gasteiger partial charge in [0.05, 0.1) is 18.6 Å². The van der Waals surface area contributed by atoms with Crippen molar-refractivity contribution in [2.75, 3.05) is 0 Å². The van der Waals surface area contributed by atoms with Crippen molar-refractivity contribution in [1.82, 2.24) is 5.32 Å². The quantitative estimate of drug-likeness (QED) is 0.508. The zero-order valence-corrected chi connectivity index (χ0v) is 5.42. The molecular weight excluding hydrogens is 118 g/mol. The summed E-state index contributed by atoms with van der Waals surface area (Å²) in [5.74, 6) is -0.0330. The van der Waals surface area contributed by atoms with Gasteiger partial charge in [-0.05, 0) is 6.42 Å². The van der Waals surface area contributed by atoms with E-state index >= 15 is 0 Å². The Balaban J connectivity index is 2.47. The van der Waals surface area contributed by atoms with E-state index in [1.54, 1.807) is 0 Å². The smallest absolute Gasteiger partial charge is 0.222 e. The highest BCUT2D eigenvalue weighted by molar-refractivity contribution is 5.79. The van der Waals surface area contributed by atoms with Crippen LogP contribution in [-0.2, 0) is 4.79 Å². The fourth-order valence-corrected chi connectivity index (χ4v) is 1.07. The summed E-state index contributed by atoms with van der Waals surface area (Å²) in [7, 11) is 0. The largest absolute Gasteiger partial charge is 0.390 e. The molecule has 0 radical (unpaired) electrons. The van der Waals surface area contributed by atoms with Crippen molar-refractivity contribution in [2.24, 2.45) is 0 Å². The number of hydrogen-bond acceptors (Lipinski definition) is 2. The second-order valence-electron chi connectivity index (χ2n) is 2.35. The van der Waals surface area contributed by atoms with Crippen molar-refractivity contribution >= 4 is 5.91 Å². The fourth-order valence-electron chi connectivity index (χ4n) is 1.07. The molecule has 1 rings (SSSR count). The van der Waals surface area contributed by atoms with Crippen LogP contribution in [0.5, 0.6) is 0 Å². The third-order valence-corrected chi connectivity index (χ3v) is 1.65. The van der Waals surface area contributed by atoms with Crippen LogP contribution in [0.2, 0.25) is 0 Å². The number of aliphatic hydroxyl groups excluding tert-OH is 1. The zero-order chi connectivity index (χ0) is 6.85. The van der Waals surface area contributed by atoms with Gasteiger partial charge in [-0.2, -0.15) is 0 Å². The maximum absolute atomic E-state index is 10.6. The van der Waals surface area contributed by atoms with Gasteiger partial charge in [-0.25, -0.2) is 0 Å². The van der Waals surface area contributed by atoms with Crippen molar-refractivity contribution in [3.05, 3.63) is 0 Å². The van der Waals surface area contributed by atoms with Crippen LogP contribution in [0.3, 0.4) is 0 Å². The molecule has 0 aromatic heterocycles. The molecule has 3 heteroatoms. The van der Waals surface area contributed by atoms with E-state index in [2.05, 4.69) is 5.32 Å². The fraction of sp³-hybridized carbons (Fsp3) is 0.833. The average molecular weight is 129 g/mol. The Bertz CT molecular complexity index is 124. The molecule has 0 saturated carbocycles. The molecule has 2 atom stereocenters. The first-order valence-corrected chi connectivity index (χ1v) is 3.21.